The van der Waals surface area contributed by atoms with Gasteiger partial charge in [-0.25, -0.2) is 4.98 Å². The van der Waals surface area contributed by atoms with E-state index in [-0.39, 0.29) is 23.2 Å². The van der Waals surface area contributed by atoms with Crippen LogP contribution in [0.4, 0.5) is 23.1 Å². The zero-order valence-corrected chi connectivity index (χ0v) is 25.5. The van der Waals surface area contributed by atoms with Gasteiger partial charge in [0.05, 0.1) is 39.4 Å². The number of nitrogens with one attached hydrogen (secondary N) is 2. The highest BCUT2D eigenvalue weighted by Gasteiger charge is 2.30. The third-order valence-electron chi connectivity index (χ3n) is 7.11. The maximum Gasteiger partial charge on any atom is 0.254 e. The van der Waals surface area contributed by atoms with Crippen LogP contribution in [0.5, 0.6) is 5.75 Å². The summed E-state index contributed by atoms with van der Waals surface area (Å²) in [6.45, 7) is 12.1. The second-order valence-electron chi connectivity index (χ2n) is 10.9. The number of rotatable bonds is 11. The molecule has 1 aromatic heterocycles. The fraction of sp³-hybridized carbons (Fsp3) is 0.433. The third kappa shape index (κ3) is 6.82. The van der Waals surface area contributed by atoms with Gasteiger partial charge in [-0.15, -0.1) is 0 Å². The molecule has 1 saturated heterocycles. The van der Waals surface area contributed by atoms with Gasteiger partial charge in [0.25, 0.3) is 5.91 Å². The number of anilines is 4. The van der Waals surface area contributed by atoms with Crippen molar-refractivity contribution in [2.24, 2.45) is 0 Å². The van der Waals surface area contributed by atoms with E-state index in [0.717, 1.165) is 25.2 Å². The average molecular weight is 597 g/mol. The number of likely N-dealkylation sites (tertiary alicyclic amines) is 1. The molecule has 11 heteroatoms. The Balaban J connectivity index is 1.39. The van der Waals surface area contributed by atoms with Gasteiger partial charge in [0.2, 0.25) is 5.95 Å². The number of fused-ring (bicyclic) bond motifs is 1. The average Bonchev–Trinajstić information content (AvgIpc) is 3.57. The first-order valence-corrected chi connectivity index (χ1v) is 15.7. The molecule has 0 radical (unpaired) electrons. The number of hydrogen-bond acceptors (Lipinski definition) is 8. The predicted octanol–water partition coefficient (Wildman–Crippen LogP) is 5.97. The summed E-state index contributed by atoms with van der Waals surface area (Å²) in [5.74, 6) is 1.30. The second kappa shape index (κ2) is 12.8. The number of amides is 1. The molecule has 1 amide bonds. The fourth-order valence-electron chi connectivity index (χ4n) is 5.06. The first-order valence-electron chi connectivity index (χ1n) is 14.1. The van der Waals surface area contributed by atoms with Crippen molar-refractivity contribution in [1.82, 2.24) is 19.8 Å². The molecule has 5 rings (SSSR count). The lowest BCUT2D eigenvalue weighted by Crippen LogP contribution is -2.33. The molecule has 41 heavy (non-hydrogen) atoms. The smallest absolute Gasteiger partial charge is 0.254 e. The van der Waals surface area contributed by atoms with Gasteiger partial charge >= 0.3 is 0 Å². The third-order valence-corrected chi connectivity index (χ3v) is 9.03. The molecule has 0 bridgehead atoms. The summed E-state index contributed by atoms with van der Waals surface area (Å²) in [5.41, 5.74) is 2.86. The van der Waals surface area contributed by atoms with E-state index in [1.807, 2.05) is 69.0 Å². The van der Waals surface area contributed by atoms with Gasteiger partial charge in [0.15, 0.2) is 5.82 Å². The van der Waals surface area contributed by atoms with Crippen molar-refractivity contribution in [1.29, 1.82) is 0 Å². The van der Waals surface area contributed by atoms with Gasteiger partial charge in [-0.3, -0.25) is 9.00 Å². The Bertz CT molecular complexity index is 1440. The number of carbonyl (C=O) groups excluding carboxylic acids is 1. The zero-order valence-electron chi connectivity index (χ0n) is 23.9. The van der Waals surface area contributed by atoms with E-state index in [1.54, 1.807) is 0 Å². The van der Waals surface area contributed by atoms with Gasteiger partial charge in [0, 0.05) is 30.4 Å². The van der Waals surface area contributed by atoms with Crippen LogP contribution in [0.2, 0.25) is 5.02 Å². The van der Waals surface area contributed by atoms with Crippen molar-refractivity contribution in [3.05, 3.63) is 58.7 Å². The molecule has 0 aliphatic carbocycles. The Labute approximate surface area is 249 Å². The maximum absolute atomic E-state index is 13.3. The minimum absolute atomic E-state index is 0.0208. The van der Waals surface area contributed by atoms with Crippen molar-refractivity contribution in [3.63, 3.8) is 0 Å². The van der Waals surface area contributed by atoms with E-state index in [2.05, 4.69) is 25.5 Å². The topological polar surface area (TPSA) is 99.7 Å². The van der Waals surface area contributed by atoms with E-state index >= 15 is 0 Å². The van der Waals surface area contributed by atoms with Crippen molar-refractivity contribution < 1.29 is 13.7 Å². The highest BCUT2D eigenvalue weighted by Crippen LogP contribution is 2.36. The molecule has 1 atom stereocenters. The van der Waals surface area contributed by atoms with Crippen LogP contribution in [0.15, 0.2) is 47.5 Å². The fourth-order valence-corrected chi connectivity index (χ4v) is 6.25. The van der Waals surface area contributed by atoms with Crippen LogP contribution in [-0.2, 0) is 17.3 Å². The SMILES string of the molecule is CC(C)Oc1cc2c(cc1Nc1ncc(Cl)c(Nc3ccccc3S(=O)C(C)C)n1)C(=O)N(CCN1CCCC1)C2. The van der Waals surface area contributed by atoms with Crippen molar-refractivity contribution in [2.45, 2.75) is 63.3 Å². The number of hydrogen-bond donors (Lipinski definition) is 2. The van der Waals surface area contributed by atoms with Crippen LogP contribution < -0.4 is 15.4 Å². The summed E-state index contributed by atoms with van der Waals surface area (Å²) in [6.07, 6.45) is 3.89. The quantitative estimate of drug-likeness (QED) is 0.279. The largest absolute Gasteiger partial charge is 0.489 e. The number of carbonyl (C=O) groups is 1. The highest BCUT2D eigenvalue weighted by molar-refractivity contribution is 7.85. The molecule has 218 valence electrons. The highest BCUT2D eigenvalue weighted by atomic mass is 35.5. The van der Waals surface area contributed by atoms with Gasteiger partial charge in [-0.1, -0.05) is 37.6 Å². The van der Waals surface area contributed by atoms with Gasteiger partial charge in [0.1, 0.15) is 10.8 Å². The molecule has 3 aromatic rings. The molecule has 2 N–H and O–H groups in total. The minimum Gasteiger partial charge on any atom is -0.489 e. The molecule has 9 nitrogen and oxygen atoms in total. The molecule has 1 fully saturated rings. The Kier molecular flexibility index (Phi) is 9.11. The van der Waals surface area contributed by atoms with Crippen molar-refractivity contribution >= 4 is 51.4 Å². The summed E-state index contributed by atoms with van der Waals surface area (Å²) in [7, 11) is -1.20. The number of ether oxygens (including phenoxy) is 1. The zero-order chi connectivity index (χ0) is 29.1. The molecule has 1 unspecified atom stereocenters. The summed E-state index contributed by atoms with van der Waals surface area (Å²) in [5, 5.41) is 6.74. The maximum atomic E-state index is 13.3. The Morgan fingerprint density at radius 3 is 2.54 bits per heavy atom. The van der Waals surface area contributed by atoms with Crippen molar-refractivity contribution in [3.8, 4) is 5.75 Å². The number of halogens is 1. The summed E-state index contributed by atoms with van der Waals surface area (Å²) in [4.78, 5) is 27.3. The van der Waals surface area contributed by atoms with E-state index in [4.69, 9.17) is 16.3 Å². The Hall–Kier alpha value is -3.21. The van der Waals surface area contributed by atoms with Crippen LogP contribution in [0.3, 0.4) is 0 Å². The van der Waals surface area contributed by atoms with Gasteiger partial charge < -0.3 is 25.2 Å². The van der Waals surface area contributed by atoms with E-state index in [1.165, 1.54) is 19.0 Å². The Morgan fingerprint density at radius 1 is 1.05 bits per heavy atom. The molecule has 3 heterocycles. The summed E-state index contributed by atoms with van der Waals surface area (Å²) < 4.78 is 19.0. The molecule has 0 spiro atoms. The van der Waals surface area contributed by atoms with Crippen molar-refractivity contribution in [2.75, 3.05) is 36.8 Å². The molecular weight excluding hydrogens is 560 g/mol. The molecule has 2 aromatic carbocycles. The van der Waals surface area contributed by atoms with E-state index < -0.39 is 10.8 Å². The molecule has 2 aliphatic heterocycles. The number of nitrogens with zero attached hydrogens (tertiary/aromatic N) is 4. The van der Waals surface area contributed by atoms with E-state index in [0.29, 0.717) is 51.5 Å². The number of aromatic nitrogens is 2. The lowest BCUT2D eigenvalue weighted by Gasteiger charge is -2.20. The van der Waals surface area contributed by atoms with E-state index in [9.17, 15) is 9.00 Å². The molecule has 2 aliphatic rings. The number of para-hydroxylation sites is 1. The van der Waals surface area contributed by atoms with Crippen LogP contribution in [0.25, 0.3) is 0 Å². The van der Waals surface area contributed by atoms with Crippen LogP contribution in [0.1, 0.15) is 56.5 Å². The lowest BCUT2D eigenvalue weighted by molar-refractivity contribution is 0.0763. The first kappa shape index (κ1) is 29.3. The van der Waals surface area contributed by atoms with Gasteiger partial charge in [-0.2, -0.15) is 4.98 Å². The molecule has 0 saturated carbocycles. The Morgan fingerprint density at radius 2 is 1.80 bits per heavy atom. The molecular formula is C30H37ClN6O3S. The number of benzene rings is 2. The summed E-state index contributed by atoms with van der Waals surface area (Å²) >= 11 is 6.46. The predicted molar refractivity (Wildman–Crippen MR) is 164 cm³/mol. The lowest BCUT2D eigenvalue weighted by atomic mass is 10.1. The summed E-state index contributed by atoms with van der Waals surface area (Å²) in [6, 6.07) is 11.2. The standard InChI is InChI=1S/C30H37ClN6O3S/c1-19(2)40-26-15-21-18-37(14-13-36-11-7-8-12-36)29(38)22(21)16-25(26)34-30-32-17-23(31)28(35-30)33-24-9-5-6-10-27(24)41(39)20(3)4/h5-6,9-10,15-17,19-20H,7-8,11-14,18H2,1-4H3,(H2,32,33,34,35). The van der Waals surface area contributed by atoms with Crippen LogP contribution in [0, 0.1) is 0 Å². The normalized spacial score (nSPS) is 16.0. The second-order valence-corrected chi connectivity index (χ2v) is 13.3. The van der Waals surface area contributed by atoms with Crippen LogP contribution in [-0.4, -0.2) is 67.4 Å². The first-order chi connectivity index (χ1) is 19.7. The minimum atomic E-state index is -1.20. The monoisotopic (exact) mass is 596 g/mol. The van der Waals surface area contributed by atoms with Gasteiger partial charge in [-0.05, 0) is 69.6 Å². The van der Waals surface area contributed by atoms with Crippen LogP contribution >= 0.6 is 11.6 Å².